The maximum Gasteiger partial charge on any atom is 0.272 e. The first kappa shape index (κ1) is 22.2. The highest BCUT2D eigenvalue weighted by atomic mass is 35.5. The van der Waals surface area contributed by atoms with Crippen molar-refractivity contribution in [3.8, 4) is 11.5 Å². The smallest absolute Gasteiger partial charge is 0.272 e. The molecule has 0 aliphatic carbocycles. The van der Waals surface area contributed by atoms with Crippen LogP contribution in [0.4, 0.5) is 11.4 Å². The van der Waals surface area contributed by atoms with Crippen LogP contribution in [0.15, 0.2) is 64.8 Å². The average molecular weight is 482 g/mol. The Morgan fingerprint density at radius 1 is 1.03 bits per heavy atom. The summed E-state index contributed by atoms with van der Waals surface area (Å²) in [7, 11) is 0. The van der Waals surface area contributed by atoms with Crippen LogP contribution in [0.3, 0.4) is 0 Å². The second-order valence-corrected chi connectivity index (χ2v) is 7.63. The molecule has 166 valence electrons. The number of amidine groups is 1. The van der Waals surface area contributed by atoms with Gasteiger partial charge in [-0.1, -0.05) is 35.3 Å². The van der Waals surface area contributed by atoms with Gasteiger partial charge < -0.3 is 11.5 Å². The molecule has 10 nitrogen and oxygen atoms in total. The van der Waals surface area contributed by atoms with E-state index in [1.165, 1.54) is 6.20 Å². The highest BCUT2D eigenvalue weighted by Crippen LogP contribution is 2.29. The molecule has 0 saturated carbocycles. The molecule has 0 atom stereocenters. The van der Waals surface area contributed by atoms with Crippen LogP contribution in [0.5, 0.6) is 0 Å². The molecule has 0 saturated heterocycles. The van der Waals surface area contributed by atoms with Crippen LogP contribution in [0.2, 0.25) is 10.0 Å². The number of nitrogens with two attached hydrogens (primary N) is 2. The van der Waals surface area contributed by atoms with Gasteiger partial charge in [-0.3, -0.25) is 19.6 Å². The number of anilines is 1. The van der Waals surface area contributed by atoms with Crippen molar-refractivity contribution in [1.82, 2.24) is 19.6 Å². The number of hydrogen-bond donors (Lipinski definition) is 3. The number of pyridine rings is 2. The Balaban J connectivity index is 1.61. The van der Waals surface area contributed by atoms with Gasteiger partial charge in [0.1, 0.15) is 5.69 Å². The summed E-state index contributed by atoms with van der Waals surface area (Å²) in [6, 6.07) is 14.0. The molecule has 0 unspecified atom stereocenters. The van der Waals surface area contributed by atoms with E-state index < -0.39 is 5.91 Å². The predicted octanol–water partition coefficient (Wildman–Crippen LogP) is 3.35. The standard InChI is InChI=1S/C21H17Cl2N9O/c1-11-4-2-7-16-28-31-21(32(11)16)15-9-8-12(10-26-15)27-19(24)18(20(25)33)30-29-17-13(22)5-3-6-14(17)23/h2-10,29H,1H3,(H2,24,27)(H2,25,33)/b30-18+. The molecule has 12 heteroatoms. The number of primary amides is 1. The molecule has 5 N–H and O–H groups in total. The number of para-hydroxylation sites is 1. The Hall–Kier alpha value is -4.02. The average Bonchev–Trinajstić information content (AvgIpc) is 3.21. The first-order valence-corrected chi connectivity index (χ1v) is 10.3. The van der Waals surface area contributed by atoms with Crippen molar-refractivity contribution in [3.05, 3.63) is 70.5 Å². The van der Waals surface area contributed by atoms with Gasteiger partial charge in [0.05, 0.1) is 27.6 Å². The zero-order chi connectivity index (χ0) is 23.5. The number of benzene rings is 1. The number of nitrogens with zero attached hydrogens (tertiary/aromatic N) is 6. The SMILES string of the molecule is Cc1cccc2nnc(-c3ccc(N=C(N)/C(=N\Nc4c(Cl)cccc4Cl)C(N)=O)cn3)n12. The van der Waals surface area contributed by atoms with Crippen LogP contribution in [0.25, 0.3) is 17.2 Å². The number of carbonyl (C=O) groups excluding carboxylic acids is 1. The van der Waals surface area contributed by atoms with E-state index in [1.807, 2.05) is 29.5 Å². The Bertz CT molecular complexity index is 1390. The Morgan fingerprint density at radius 3 is 2.42 bits per heavy atom. The lowest BCUT2D eigenvalue weighted by atomic mass is 10.3. The van der Waals surface area contributed by atoms with E-state index in [4.69, 9.17) is 34.7 Å². The van der Waals surface area contributed by atoms with Gasteiger partial charge in [-0.15, -0.1) is 10.2 Å². The topological polar surface area (TPSA) is 149 Å². The van der Waals surface area contributed by atoms with Gasteiger partial charge in [0, 0.05) is 5.69 Å². The molecule has 0 bridgehead atoms. The number of rotatable bonds is 6. The van der Waals surface area contributed by atoms with E-state index in [0.29, 0.717) is 38.6 Å². The van der Waals surface area contributed by atoms with Crippen molar-refractivity contribution in [3.63, 3.8) is 0 Å². The van der Waals surface area contributed by atoms with Gasteiger partial charge >= 0.3 is 0 Å². The maximum absolute atomic E-state index is 11.9. The second-order valence-electron chi connectivity index (χ2n) is 6.82. The molecule has 4 rings (SSSR count). The molecule has 0 radical (unpaired) electrons. The summed E-state index contributed by atoms with van der Waals surface area (Å²) >= 11 is 12.2. The summed E-state index contributed by atoms with van der Waals surface area (Å²) in [6.07, 6.45) is 1.48. The van der Waals surface area contributed by atoms with Crippen molar-refractivity contribution in [2.75, 3.05) is 5.43 Å². The minimum Gasteiger partial charge on any atom is -0.382 e. The Labute approximate surface area is 198 Å². The number of halogens is 2. The Kier molecular flexibility index (Phi) is 6.20. The van der Waals surface area contributed by atoms with Gasteiger partial charge in [-0.25, -0.2) is 4.99 Å². The van der Waals surface area contributed by atoms with Gasteiger partial charge in [0.25, 0.3) is 5.91 Å². The fraction of sp³-hybridized carbons (Fsp3) is 0.0476. The highest BCUT2D eigenvalue weighted by Gasteiger charge is 2.15. The van der Waals surface area contributed by atoms with Gasteiger partial charge in [0.2, 0.25) is 0 Å². The van der Waals surface area contributed by atoms with Crippen molar-refractivity contribution < 1.29 is 4.79 Å². The first-order valence-electron chi connectivity index (χ1n) is 9.54. The van der Waals surface area contributed by atoms with Crippen LogP contribution in [-0.2, 0) is 4.79 Å². The molecule has 0 aliphatic rings. The number of amides is 1. The van der Waals surface area contributed by atoms with Crippen molar-refractivity contribution >= 4 is 57.7 Å². The number of hydrazone groups is 1. The van der Waals surface area contributed by atoms with E-state index in [0.717, 1.165) is 5.69 Å². The van der Waals surface area contributed by atoms with Crippen molar-refractivity contribution in [2.24, 2.45) is 21.6 Å². The summed E-state index contributed by atoms with van der Waals surface area (Å²) < 4.78 is 1.89. The van der Waals surface area contributed by atoms with Crippen LogP contribution in [-0.4, -0.2) is 37.0 Å². The zero-order valence-electron chi connectivity index (χ0n) is 17.2. The van der Waals surface area contributed by atoms with Gasteiger partial charge in [-0.2, -0.15) is 5.10 Å². The highest BCUT2D eigenvalue weighted by molar-refractivity contribution is 6.66. The van der Waals surface area contributed by atoms with Crippen LogP contribution < -0.4 is 16.9 Å². The molecular formula is C21H17Cl2N9O. The molecule has 0 spiro atoms. The second kappa shape index (κ2) is 9.23. The molecule has 4 aromatic rings. The van der Waals surface area contributed by atoms with E-state index in [1.54, 1.807) is 30.3 Å². The molecule has 3 aromatic heterocycles. The van der Waals surface area contributed by atoms with Gasteiger partial charge in [-0.05, 0) is 43.3 Å². The van der Waals surface area contributed by atoms with Crippen molar-refractivity contribution in [2.45, 2.75) is 6.92 Å². The minimum absolute atomic E-state index is 0.212. The first-order chi connectivity index (χ1) is 15.8. The van der Waals surface area contributed by atoms with E-state index in [2.05, 4.69) is 30.7 Å². The zero-order valence-corrected chi connectivity index (χ0v) is 18.7. The van der Waals surface area contributed by atoms with E-state index in [9.17, 15) is 4.79 Å². The quantitative estimate of drug-likeness (QED) is 0.218. The van der Waals surface area contributed by atoms with Crippen LogP contribution in [0, 0.1) is 6.92 Å². The van der Waals surface area contributed by atoms with E-state index in [-0.39, 0.29) is 11.5 Å². The summed E-state index contributed by atoms with van der Waals surface area (Å²) in [5.41, 5.74) is 16.7. The van der Waals surface area contributed by atoms with Gasteiger partial charge in [0.15, 0.2) is 23.0 Å². The summed E-state index contributed by atoms with van der Waals surface area (Å²) in [5.74, 6) is -0.509. The third-order valence-electron chi connectivity index (χ3n) is 4.57. The molecular weight excluding hydrogens is 465 g/mol. The molecule has 0 aliphatic heterocycles. The van der Waals surface area contributed by atoms with E-state index >= 15 is 0 Å². The minimum atomic E-state index is -0.887. The van der Waals surface area contributed by atoms with Crippen LogP contribution >= 0.6 is 23.2 Å². The third kappa shape index (κ3) is 4.61. The lowest BCUT2D eigenvalue weighted by Gasteiger charge is -2.08. The maximum atomic E-state index is 11.9. The van der Waals surface area contributed by atoms with Crippen LogP contribution in [0.1, 0.15) is 5.69 Å². The molecule has 1 amide bonds. The summed E-state index contributed by atoms with van der Waals surface area (Å²) in [5, 5.41) is 12.9. The number of fused-ring (bicyclic) bond motifs is 1. The monoisotopic (exact) mass is 481 g/mol. The predicted molar refractivity (Wildman–Crippen MR) is 129 cm³/mol. The molecule has 3 heterocycles. The lowest BCUT2D eigenvalue weighted by molar-refractivity contribution is -0.111. The van der Waals surface area contributed by atoms with Crippen molar-refractivity contribution in [1.29, 1.82) is 0 Å². The number of aryl methyl sites for hydroxylation is 1. The molecule has 0 fully saturated rings. The normalized spacial score (nSPS) is 12.2. The lowest BCUT2D eigenvalue weighted by Crippen LogP contribution is -2.36. The largest absolute Gasteiger partial charge is 0.382 e. The fourth-order valence-electron chi connectivity index (χ4n) is 3.00. The number of hydrogen-bond acceptors (Lipinski definition) is 7. The number of carbonyl (C=O) groups is 1. The number of aliphatic imine (C=N–C) groups is 1. The molecule has 33 heavy (non-hydrogen) atoms. The summed E-state index contributed by atoms with van der Waals surface area (Å²) in [6.45, 7) is 1.95. The number of aromatic nitrogens is 4. The summed E-state index contributed by atoms with van der Waals surface area (Å²) in [4.78, 5) is 20.5. The number of nitrogens with one attached hydrogen (secondary N) is 1. The Morgan fingerprint density at radius 2 is 1.76 bits per heavy atom. The third-order valence-corrected chi connectivity index (χ3v) is 5.20. The fourth-order valence-corrected chi connectivity index (χ4v) is 3.48. The molecule has 1 aromatic carbocycles.